The molecular weight excluding hydrogens is 282 g/mol. The standard InChI is InChI=1S/C17H29NO4/c1-16(2,3)22-15(21)18-11-5-7-13(12-18)6-4-8-17(9-10-17)14(19)20/h13H,4-12H2,1-3H3,(H,19,20). The van der Waals surface area contributed by atoms with Crippen LogP contribution in [0.25, 0.3) is 0 Å². The van der Waals surface area contributed by atoms with E-state index in [9.17, 15) is 14.7 Å². The lowest BCUT2D eigenvalue weighted by Gasteiger charge is -2.34. The Hall–Kier alpha value is -1.26. The zero-order valence-electron chi connectivity index (χ0n) is 14.1. The van der Waals surface area contributed by atoms with Crippen LogP contribution in [0, 0.1) is 11.3 Å². The van der Waals surface area contributed by atoms with Crippen LogP contribution in [-0.2, 0) is 9.53 Å². The van der Waals surface area contributed by atoms with E-state index in [2.05, 4.69) is 0 Å². The van der Waals surface area contributed by atoms with Crippen LogP contribution in [0.1, 0.15) is 65.7 Å². The van der Waals surface area contributed by atoms with E-state index >= 15 is 0 Å². The van der Waals surface area contributed by atoms with Gasteiger partial charge in [-0.3, -0.25) is 4.79 Å². The normalized spacial score (nSPS) is 24.0. The van der Waals surface area contributed by atoms with Gasteiger partial charge in [0, 0.05) is 13.1 Å². The van der Waals surface area contributed by atoms with Gasteiger partial charge in [-0.1, -0.05) is 6.42 Å². The lowest BCUT2D eigenvalue weighted by Crippen LogP contribution is -2.42. The summed E-state index contributed by atoms with van der Waals surface area (Å²) in [5.41, 5.74) is -0.872. The zero-order chi connectivity index (χ0) is 16.4. The number of carboxylic acids is 1. The summed E-state index contributed by atoms with van der Waals surface area (Å²) in [5.74, 6) is -0.155. The summed E-state index contributed by atoms with van der Waals surface area (Å²) in [7, 11) is 0. The Bertz CT molecular complexity index is 423. The number of nitrogens with zero attached hydrogens (tertiary/aromatic N) is 1. The average molecular weight is 311 g/mol. The third-order valence-electron chi connectivity index (χ3n) is 4.75. The minimum Gasteiger partial charge on any atom is -0.481 e. The molecule has 1 atom stereocenters. The molecule has 0 radical (unpaired) electrons. The molecule has 1 amide bonds. The fourth-order valence-electron chi connectivity index (χ4n) is 3.24. The number of carbonyl (C=O) groups is 2. The third kappa shape index (κ3) is 4.62. The monoisotopic (exact) mass is 311 g/mol. The smallest absolute Gasteiger partial charge is 0.410 e. The molecule has 1 aliphatic carbocycles. The fraction of sp³-hybridized carbons (Fsp3) is 0.882. The average Bonchev–Trinajstić information content (AvgIpc) is 3.18. The Labute approximate surface area is 133 Å². The molecule has 2 fully saturated rings. The van der Waals surface area contributed by atoms with E-state index in [0.29, 0.717) is 5.92 Å². The summed E-state index contributed by atoms with van der Waals surface area (Å²) in [6.45, 7) is 7.16. The molecule has 1 unspecified atom stereocenters. The first-order valence-electron chi connectivity index (χ1n) is 8.43. The molecule has 2 aliphatic rings. The van der Waals surface area contributed by atoms with E-state index in [-0.39, 0.29) is 6.09 Å². The van der Waals surface area contributed by atoms with E-state index in [0.717, 1.165) is 58.0 Å². The number of hydrogen-bond donors (Lipinski definition) is 1. The zero-order valence-corrected chi connectivity index (χ0v) is 14.1. The summed E-state index contributed by atoms with van der Waals surface area (Å²) >= 11 is 0. The van der Waals surface area contributed by atoms with Crippen molar-refractivity contribution in [3.63, 3.8) is 0 Å². The fourth-order valence-corrected chi connectivity index (χ4v) is 3.24. The van der Waals surface area contributed by atoms with Gasteiger partial charge in [-0.05, 0) is 65.2 Å². The summed E-state index contributed by atoms with van der Waals surface area (Å²) in [5, 5.41) is 9.19. The number of rotatable bonds is 5. The van der Waals surface area contributed by atoms with Gasteiger partial charge in [0.25, 0.3) is 0 Å². The molecule has 5 nitrogen and oxygen atoms in total. The number of likely N-dealkylation sites (tertiary alicyclic amines) is 1. The summed E-state index contributed by atoms with van der Waals surface area (Å²) in [6, 6.07) is 0. The predicted octanol–water partition coefficient (Wildman–Crippen LogP) is 3.67. The van der Waals surface area contributed by atoms with Crippen LogP contribution in [0.4, 0.5) is 4.79 Å². The number of piperidine rings is 1. The van der Waals surface area contributed by atoms with Gasteiger partial charge < -0.3 is 14.7 Å². The predicted molar refractivity (Wildman–Crippen MR) is 83.7 cm³/mol. The first kappa shape index (κ1) is 17.1. The van der Waals surface area contributed by atoms with Gasteiger partial charge in [-0.15, -0.1) is 0 Å². The Kier molecular flexibility index (Phi) is 5.03. The van der Waals surface area contributed by atoms with Crippen LogP contribution >= 0.6 is 0 Å². The van der Waals surface area contributed by atoms with Gasteiger partial charge in [0.05, 0.1) is 5.41 Å². The lowest BCUT2D eigenvalue weighted by molar-refractivity contribution is -0.143. The summed E-state index contributed by atoms with van der Waals surface area (Å²) in [4.78, 5) is 25.1. The van der Waals surface area contributed by atoms with Crippen LogP contribution in [-0.4, -0.2) is 40.8 Å². The molecule has 2 rings (SSSR count). The minimum absolute atomic E-state index is 0.221. The van der Waals surface area contributed by atoms with Gasteiger partial charge in [-0.2, -0.15) is 0 Å². The van der Waals surface area contributed by atoms with Crippen molar-refractivity contribution < 1.29 is 19.4 Å². The highest BCUT2D eigenvalue weighted by molar-refractivity contribution is 5.77. The molecular formula is C17H29NO4. The molecule has 1 N–H and O–H groups in total. The number of ether oxygens (including phenoxy) is 1. The van der Waals surface area contributed by atoms with Crippen LogP contribution in [0.2, 0.25) is 0 Å². The highest BCUT2D eigenvalue weighted by Gasteiger charge is 2.49. The lowest BCUT2D eigenvalue weighted by atomic mass is 9.90. The van der Waals surface area contributed by atoms with E-state index in [1.54, 1.807) is 0 Å². The maximum atomic E-state index is 12.1. The molecule has 1 saturated carbocycles. The van der Waals surface area contributed by atoms with Crippen LogP contribution < -0.4 is 0 Å². The Morgan fingerprint density at radius 3 is 2.55 bits per heavy atom. The quantitative estimate of drug-likeness (QED) is 0.841. The van der Waals surface area contributed by atoms with Gasteiger partial charge in [-0.25, -0.2) is 4.79 Å². The van der Waals surface area contributed by atoms with Gasteiger partial charge in [0.1, 0.15) is 5.60 Å². The van der Waals surface area contributed by atoms with Crippen molar-refractivity contribution in [3.05, 3.63) is 0 Å². The topological polar surface area (TPSA) is 66.8 Å². The molecule has 0 aromatic carbocycles. The van der Waals surface area contributed by atoms with Crippen LogP contribution in [0.5, 0.6) is 0 Å². The van der Waals surface area contributed by atoms with Gasteiger partial charge in [0.2, 0.25) is 0 Å². The van der Waals surface area contributed by atoms with Crippen molar-refractivity contribution in [2.45, 2.75) is 71.3 Å². The number of hydrogen-bond acceptors (Lipinski definition) is 3. The maximum absolute atomic E-state index is 12.1. The van der Waals surface area contributed by atoms with E-state index in [1.165, 1.54) is 0 Å². The molecule has 126 valence electrons. The van der Waals surface area contributed by atoms with Gasteiger partial charge >= 0.3 is 12.1 Å². The third-order valence-corrected chi connectivity index (χ3v) is 4.75. The summed E-state index contributed by atoms with van der Waals surface area (Å²) < 4.78 is 5.43. The molecule has 1 aliphatic heterocycles. The largest absolute Gasteiger partial charge is 0.481 e. The molecule has 22 heavy (non-hydrogen) atoms. The Morgan fingerprint density at radius 1 is 1.32 bits per heavy atom. The highest BCUT2D eigenvalue weighted by Crippen LogP contribution is 2.50. The van der Waals surface area contributed by atoms with Crippen molar-refractivity contribution in [3.8, 4) is 0 Å². The van der Waals surface area contributed by atoms with E-state index < -0.39 is 17.0 Å². The van der Waals surface area contributed by atoms with Crippen molar-refractivity contribution >= 4 is 12.1 Å². The minimum atomic E-state index is -0.633. The first-order chi connectivity index (χ1) is 10.2. The highest BCUT2D eigenvalue weighted by atomic mass is 16.6. The molecule has 1 saturated heterocycles. The van der Waals surface area contributed by atoms with Crippen molar-refractivity contribution in [1.82, 2.24) is 4.90 Å². The van der Waals surface area contributed by atoms with Crippen molar-refractivity contribution in [2.75, 3.05) is 13.1 Å². The SMILES string of the molecule is CC(C)(C)OC(=O)N1CCCC(CCCC2(C(=O)O)CC2)C1. The molecule has 0 aromatic heterocycles. The number of amides is 1. The molecule has 0 aromatic rings. The van der Waals surface area contributed by atoms with Crippen molar-refractivity contribution in [2.24, 2.45) is 11.3 Å². The second-order valence-electron chi connectivity index (χ2n) is 7.91. The molecule has 0 spiro atoms. The molecule has 5 heteroatoms. The van der Waals surface area contributed by atoms with E-state index in [4.69, 9.17) is 4.74 Å². The van der Waals surface area contributed by atoms with E-state index in [1.807, 2.05) is 25.7 Å². The van der Waals surface area contributed by atoms with Gasteiger partial charge in [0.15, 0.2) is 0 Å². The molecule has 1 heterocycles. The van der Waals surface area contributed by atoms with Crippen LogP contribution in [0.3, 0.4) is 0 Å². The second-order valence-corrected chi connectivity index (χ2v) is 7.91. The maximum Gasteiger partial charge on any atom is 0.410 e. The molecule has 0 bridgehead atoms. The van der Waals surface area contributed by atoms with Crippen LogP contribution in [0.15, 0.2) is 0 Å². The number of aliphatic carboxylic acids is 1. The summed E-state index contributed by atoms with van der Waals surface area (Å²) in [6.07, 6.45) is 6.31. The number of carboxylic acid groups (broad SMARTS) is 1. The first-order valence-corrected chi connectivity index (χ1v) is 8.43. The Morgan fingerprint density at radius 2 is 2.00 bits per heavy atom. The second kappa shape index (κ2) is 6.47. The van der Waals surface area contributed by atoms with Crippen molar-refractivity contribution in [1.29, 1.82) is 0 Å². The number of carbonyl (C=O) groups excluding carboxylic acids is 1. The Balaban J connectivity index is 1.74.